The molecule has 4 nitrogen and oxygen atoms in total. The first-order chi connectivity index (χ1) is 9.61. The lowest BCUT2D eigenvalue weighted by molar-refractivity contribution is -0.131. The summed E-state index contributed by atoms with van der Waals surface area (Å²) in [6.45, 7) is 5.53. The number of carbonyl (C=O) groups excluding carboxylic acids is 1. The Morgan fingerprint density at radius 3 is 2.75 bits per heavy atom. The van der Waals surface area contributed by atoms with Crippen molar-refractivity contribution >= 4 is 28.8 Å². The Balaban J connectivity index is 1.49. The third-order valence-electron chi connectivity index (χ3n) is 4.27. The lowest BCUT2D eigenvalue weighted by Crippen LogP contribution is -2.38. The molecule has 0 aliphatic carbocycles. The van der Waals surface area contributed by atoms with Crippen LogP contribution in [0.25, 0.3) is 0 Å². The van der Waals surface area contributed by atoms with Crippen molar-refractivity contribution in [1.29, 1.82) is 0 Å². The lowest BCUT2D eigenvalue weighted by atomic mass is 10.0. The molecule has 20 heavy (non-hydrogen) atoms. The maximum absolute atomic E-state index is 12.3. The molecule has 1 aromatic rings. The fourth-order valence-electron chi connectivity index (χ4n) is 3.15. The van der Waals surface area contributed by atoms with E-state index in [4.69, 9.17) is 11.6 Å². The zero-order chi connectivity index (χ0) is 14.1. The van der Waals surface area contributed by atoms with E-state index in [1.54, 1.807) is 4.90 Å². The van der Waals surface area contributed by atoms with Crippen molar-refractivity contribution in [2.45, 2.75) is 6.54 Å². The third kappa shape index (κ3) is 3.17. The molecule has 0 radical (unpaired) electrons. The van der Waals surface area contributed by atoms with Gasteiger partial charge in [0.05, 0.1) is 17.4 Å². The number of nitrogens with one attached hydrogen (secondary N) is 1. The van der Waals surface area contributed by atoms with E-state index in [0.29, 0.717) is 13.1 Å². The van der Waals surface area contributed by atoms with Crippen molar-refractivity contribution in [2.24, 2.45) is 11.8 Å². The number of carbonyl (C=O) groups is 1. The summed E-state index contributed by atoms with van der Waals surface area (Å²) in [5.41, 5.74) is 0. The molecule has 0 aromatic carbocycles. The predicted molar refractivity (Wildman–Crippen MR) is 82.1 cm³/mol. The first-order valence-electron chi connectivity index (χ1n) is 7.03. The van der Waals surface area contributed by atoms with Crippen LogP contribution < -0.4 is 5.32 Å². The summed E-state index contributed by atoms with van der Waals surface area (Å²) in [6.07, 6.45) is 0. The van der Waals surface area contributed by atoms with E-state index < -0.39 is 0 Å². The Morgan fingerprint density at radius 1 is 1.45 bits per heavy atom. The molecule has 1 N–H and O–H groups in total. The first-order valence-corrected chi connectivity index (χ1v) is 8.22. The average molecular weight is 314 g/mol. The number of amides is 1. The van der Waals surface area contributed by atoms with Gasteiger partial charge in [-0.05, 0) is 37.1 Å². The van der Waals surface area contributed by atoms with Gasteiger partial charge in [0.2, 0.25) is 5.91 Å². The fraction of sp³-hybridized carbons (Fsp3) is 0.643. The molecule has 1 aromatic heterocycles. The van der Waals surface area contributed by atoms with Crippen LogP contribution in [0, 0.1) is 11.8 Å². The van der Waals surface area contributed by atoms with Gasteiger partial charge in [0, 0.05) is 25.0 Å². The number of thiophene rings is 1. The van der Waals surface area contributed by atoms with Crippen LogP contribution in [0.1, 0.15) is 4.88 Å². The standard InChI is InChI=1S/C14H20ClN3OS/c1-17(8-12-2-3-13(15)20-12)14(19)9-18-6-10-4-16-5-11(10)7-18/h2-3,10-11,16H,4-9H2,1H3/t10-,11+. The van der Waals surface area contributed by atoms with E-state index in [1.165, 1.54) is 11.3 Å². The molecule has 2 fully saturated rings. The average Bonchev–Trinajstić information content (AvgIpc) is 3.05. The first kappa shape index (κ1) is 14.3. The molecule has 0 bridgehead atoms. The van der Waals surface area contributed by atoms with Crippen LogP contribution >= 0.6 is 22.9 Å². The van der Waals surface area contributed by atoms with E-state index in [9.17, 15) is 4.79 Å². The number of likely N-dealkylation sites (tertiary alicyclic amines) is 1. The quantitative estimate of drug-likeness (QED) is 0.915. The SMILES string of the molecule is CN(Cc1ccc(Cl)s1)C(=O)CN1C[C@H]2CNC[C@H]2C1. The molecule has 3 heterocycles. The van der Waals surface area contributed by atoms with Crippen LogP contribution in [0.15, 0.2) is 12.1 Å². The van der Waals surface area contributed by atoms with Crippen LogP contribution in [0.3, 0.4) is 0 Å². The van der Waals surface area contributed by atoms with Gasteiger partial charge < -0.3 is 10.2 Å². The second kappa shape index (κ2) is 6.02. The number of fused-ring (bicyclic) bond motifs is 1. The Bertz CT molecular complexity index is 481. The molecule has 2 aliphatic rings. The number of hydrogen-bond donors (Lipinski definition) is 1. The topological polar surface area (TPSA) is 35.6 Å². The second-order valence-electron chi connectivity index (χ2n) is 5.83. The van der Waals surface area contributed by atoms with Crippen molar-refractivity contribution < 1.29 is 4.79 Å². The van der Waals surface area contributed by atoms with Crippen molar-refractivity contribution in [3.63, 3.8) is 0 Å². The number of nitrogens with zero attached hydrogens (tertiary/aromatic N) is 2. The Morgan fingerprint density at radius 2 is 2.15 bits per heavy atom. The molecule has 2 atom stereocenters. The Labute approximate surface area is 128 Å². The second-order valence-corrected chi connectivity index (χ2v) is 7.63. The summed E-state index contributed by atoms with van der Waals surface area (Å²) in [6, 6.07) is 3.87. The van der Waals surface area contributed by atoms with Crippen molar-refractivity contribution in [3.8, 4) is 0 Å². The minimum absolute atomic E-state index is 0.197. The highest BCUT2D eigenvalue weighted by atomic mass is 35.5. The highest BCUT2D eigenvalue weighted by Crippen LogP contribution is 2.26. The maximum atomic E-state index is 12.3. The van der Waals surface area contributed by atoms with Gasteiger partial charge in [0.25, 0.3) is 0 Å². The van der Waals surface area contributed by atoms with Gasteiger partial charge in [0.15, 0.2) is 0 Å². The Kier molecular flexibility index (Phi) is 4.31. The monoisotopic (exact) mass is 313 g/mol. The van der Waals surface area contributed by atoms with Crippen molar-refractivity contribution in [2.75, 3.05) is 39.8 Å². The number of rotatable bonds is 4. The van der Waals surface area contributed by atoms with Crippen LogP contribution in [0.5, 0.6) is 0 Å². The highest BCUT2D eigenvalue weighted by Gasteiger charge is 2.36. The molecule has 110 valence electrons. The van der Waals surface area contributed by atoms with E-state index in [0.717, 1.165) is 47.2 Å². The van der Waals surface area contributed by atoms with E-state index >= 15 is 0 Å². The number of halogens is 1. The van der Waals surface area contributed by atoms with Gasteiger partial charge in [-0.25, -0.2) is 0 Å². The van der Waals surface area contributed by atoms with Gasteiger partial charge in [-0.3, -0.25) is 9.69 Å². The summed E-state index contributed by atoms with van der Waals surface area (Å²) in [4.78, 5) is 17.5. The molecular weight excluding hydrogens is 294 g/mol. The van der Waals surface area contributed by atoms with E-state index in [1.807, 2.05) is 19.2 Å². The zero-order valence-corrected chi connectivity index (χ0v) is 13.2. The van der Waals surface area contributed by atoms with E-state index in [2.05, 4.69) is 10.2 Å². The summed E-state index contributed by atoms with van der Waals surface area (Å²) in [5.74, 6) is 1.68. The molecule has 0 unspecified atom stereocenters. The third-order valence-corrected chi connectivity index (χ3v) is 5.49. The maximum Gasteiger partial charge on any atom is 0.236 e. The van der Waals surface area contributed by atoms with Gasteiger partial charge in [-0.1, -0.05) is 11.6 Å². The van der Waals surface area contributed by atoms with E-state index in [-0.39, 0.29) is 5.91 Å². The number of likely N-dealkylation sites (N-methyl/N-ethyl adjacent to an activating group) is 1. The van der Waals surface area contributed by atoms with Crippen LogP contribution in [0.4, 0.5) is 0 Å². The van der Waals surface area contributed by atoms with Gasteiger partial charge in [-0.15, -0.1) is 11.3 Å². The molecule has 1 amide bonds. The predicted octanol–water partition coefficient (Wildman–Crippen LogP) is 1.51. The largest absolute Gasteiger partial charge is 0.340 e. The molecule has 0 saturated carbocycles. The summed E-state index contributed by atoms with van der Waals surface area (Å²) >= 11 is 7.46. The summed E-state index contributed by atoms with van der Waals surface area (Å²) in [5, 5.41) is 3.42. The summed E-state index contributed by atoms with van der Waals surface area (Å²) < 4.78 is 0.778. The van der Waals surface area contributed by atoms with Gasteiger partial charge >= 0.3 is 0 Å². The van der Waals surface area contributed by atoms with Crippen LogP contribution in [0.2, 0.25) is 4.34 Å². The van der Waals surface area contributed by atoms with Crippen molar-refractivity contribution in [3.05, 3.63) is 21.3 Å². The molecule has 6 heteroatoms. The zero-order valence-electron chi connectivity index (χ0n) is 11.6. The molecule has 2 saturated heterocycles. The molecule has 0 spiro atoms. The minimum Gasteiger partial charge on any atom is -0.340 e. The molecular formula is C14H20ClN3OS. The Hall–Kier alpha value is -0.620. The van der Waals surface area contributed by atoms with Gasteiger partial charge in [-0.2, -0.15) is 0 Å². The minimum atomic E-state index is 0.197. The van der Waals surface area contributed by atoms with Gasteiger partial charge in [0.1, 0.15) is 0 Å². The van der Waals surface area contributed by atoms with Crippen molar-refractivity contribution in [1.82, 2.24) is 15.1 Å². The number of hydrogen-bond acceptors (Lipinski definition) is 4. The normalized spacial score (nSPS) is 25.9. The summed E-state index contributed by atoms with van der Waals surface area (Å²) in [7, 11) is 1.87. The smallest absolute Gasteiger partial charge is 0.236 e. The lowest BCUT2D eigenvalue weighted by Gasteiger charge is -2.21. The fourth-order valence-corrected chi connectivity index (χ4v) is 4.29. The molecule has 3 rings (SSSR count). The van der Waals surface area contributed by atoms with Crippen LogP contribution in [-0.2, 0) is 11.3 Å². The van der Waals surface area contributed by atoms with Crippen LogP contribution in [-0.4, -0.2) is 55.5 Å². The highest BCUT2D eigenvalue weighted by molar-refractivity contribution is 7.16. The molecule has 2 aliphatic heterocycles.